The third-order valence-electron chi connectivity index (χ3n) is 3.17. The van der Waals surface area contributed by atoms with E-state index in [0.717, 1.165) is 18.3 Å². The second-order valence-corrected chi connectivity index (χ2v) is 5.12. The summed E-state index contributed by atoms with van der Waals surface area (Å²) in [5, 5.41) is 8.26. The van der Waals surface area contributed by atoms with E-state index in [1.165, 1.54) is 4.57 Å². The molecule has 0 amide bonds. The molecule has 0 unspecified atom stereocenters. The predicted molar refractivity (Wildman–Crippen MR) is 75.5 cm³/mol. The maximum absolute atomic E-state index is 12.9. The maximum Gasteiger partial charge on any atom is 0.417 e. The van der Waals surface area contributed by atoms with Crippen LogP contribution in [0.2, 0.25) is 5.02 Å². The van der Waals surface area contributed by atoms with Gasteiger partial charge in [0.15, 0.2) is 0 Å². The molecule has 1 heterocycles. The van der Waals surface area contributed by atoms with Crippen LogP contribution in [0.3, 0.4) is 0 Å². The van der Waals surface area contributed by atoms with E-state index in [-0.39, 0.29) is 17.4 Å². The summed E-state index contributed by atoms with van der Waals surface area (Å²) in [7, 11) is 0. The number of pyridine rings is 1. The minimum absolute atomic E-state index is 0.00794. The average Bonchev–Trinajstić information content (AvgIpc) is 2.40. The number of rotatable bonds is 3. The van der Waals surface area contributed by atoms with Crippen LogP contribution in [-0.4, -0.2) is 15.6 Å². The molecule has 4 nitrogen and oxygen atoms in total. The molecular formula is C14H11ClF3NO3. The van der Waals surface area contributed by atoms with Gasteiger partial charge in [-0.25, -0.2) is 4.79 Å². The van der Waals surface area contributed by atoms with E-state index in [9.17, 15) is 22.8 Å². The van der Waals surface area contributed by atoms with Gasteiger partial charge in [-0.2, -0.15) is 13.2 Å². The first-order valence-electron chi connectivity index (χ1n) is 6.34. The van der Waals surface area contributed by atoms with Crippen molar-refractivity contribution >= 4 is 28.5 Å². The lowest BCUT2D eigenvalue weighted by atomic mass is 10.1. The van der Waals surface area contributed by atoms with Gasteiger partial charge in [0.1, 0.15) is 5.56 Å². The van der Waals surface area contributed by atoms with Gasteiger partial charge in [-0.05, 0) is 18.6 Å². The van der Waals surface area contributed by atoms with Gasteiger partial charge in [0.25, 0.3) is 0 Å². The van der Waals surface area contributed by atoms with Gasteiger partial charge in [0.2, 0.25) is 5.43 Å². The monoisotopic (exact) mass is 333 g/mol. The van der Waals surface area contributed by atoms with E-state index >= 15 is 0 Å². The molecule has 1 aromatic heterocycles. The van der Waals surface area contributed by atoms with Crippen LogP contribution in [0.4, 0.5) is 13.2 Å². The minimum Gasteiger partial charge on any atom is -0.477 e. The largest absolute Gasteiger partial charge is 0.477 e. The highest BCUT2D eigenvalue weighted by Crippen LogP contribution is 2.36. The van der Waals surface area contributed by atoms with Crippen LogP contribution in [0.5, 0.6) is 0 Å². The number of fused-ring (bicyclic) bond motifs is 1. The summed E-state index contributed by atoms with van der Waals surface area (Å²) in [6.45, 7) is 2.06. The van der Waals surface area contributed by atoms with Gasteiger partial charge in [-0.1, -0.05) is 18.5 Å². The summed E-state index contributed by atoms with van der Waals surface area (Å²) >= 11 is 5.61. The molecule has 0 saturated heterocycles. The third-order valence-corrected chi connectivity index (χ3v) is 3.48. The second kappa shape index (κ2) is 5.64. The molecule has 8 heteroatoms. The number of aromatic nitrogens is 1. The fraction of sp³-hybridized carbons (Fsp3) is 0.286. The summed E-state index contributed by atoms with van der Waals surface area (Å²) in [5.41, 5.74) is -2.41. The minimum atomic E-state index is -4.66. The lowest BCUT2D eigenvalue weighted by Crippen LogP contribution is -2.20. The SMILES string of the molecule is CCCn1cc(C(=O)O)c(=O)c2cc(Cl)c(C(F)(F)F)cc21. The van der Waals surface area contributed by atoms with Gasteiger partial charge in [0, 0.05) is 18.1 Å². The van der Waals surface area contributed by atoms with Gasteiger partial charge in [-0.15, -0.1) is 0 Å². The number of carbonyl (C=O) groups is 1. The molecule has 0 saturated carbocycles. The molecule has 0 radical (unpaired) electrons. The molecule has 0 aliphatic rings. The van der Waals surface area contributed by atoms with Crippen molar-refractivity contribution in [3.05, 3.63) is 44.7 Å². The van der Waals surface area contributed by atoms with Crippen LogP contribution in [0.1, 0.15) is 29.3 Å². The fourth-order valence-corrected chi connectivity index (χ4v) is 2.48. The van der Waals surface area contributed by atoms with Crippen molar-refractivity contribution in [3.8, 4) is 0 Å². The van der Waals surface area contributed by atoms with Crippen molar-refractivity contribution in [2.24, 2.45) is 0 Å². The summed E-state index contributed by atoms with van der Waals surface area (Å²) in [6, 6.07) is 1.65. The molecule has 22 heavy (non-hydrogen) atoms. The zero-order valence-corrected chi connectivity index (χ0v) is 12.1. The molecule has 118 valence electrons. The number of aromatic carboxylic acids is 1. The Labute approximate surface area is 127 Å². The molecule has 2 aromatic rings. The summed E-state index contributed by atoms with van der Waals surface area (Å²) in [5.74, 6) is -1.44. The van der Waals surface area contributed by atoms with Crippen molar-refractivity contribution in [3.63, 3.8) is 0 Å². The molecule has 0 aliphatic carbocycles. The highest BCUT2D eigenvalue weighted by atomic mass is 35.5. The summed E-state index contributed by atoms with van der Waals surface area (Å²) < 4.78 is 40.1. The quantitative estimate of drug-likeness (QED) is 0.929. The van der Waals surface area contributed by atoms with E-state index in [1.54, 1.807) is 6.92 Å². The Kier molecular flexibility index (Phi) is 4.19. The molecule has 1 N–H and O–H groups in total. The number of carboxylic acids is 1. The van der Waals surface area contributed by atoms with Gasteiger partial charge in [-0.3, -0.25) is 4.79 Å². The molecule has 0 spiro atoms. The van der Waals surface area contributed by atoms with Crippen molar-refractivity contribution < 1.29 is 23.1 Å². The van der Waals surface area contributed by atoms with Crippen LogP contribution < -0.4 is 5.43 Å². The zero-order chi connectivity index (χ0) is 16.7. The lowest BCUT2D eigenvalue weighted by Gasteiger charge is -2.15. The molecular weight excluding hydrogens is 323 g/mol. The van der Waals surface area contributed by atoms with Crippen molar-refractivity contribution in [2.75, 3.05) is 0 Å². The van der Waals surface area contributed by atoms with Crippen LogP contribution in [0.25, 0.3) is 10.9 Å². The molecule has 0 atom stereocenters. The van der Waals surface area contributed by atoms with E-state index in [1.807, 2.05) is 0 Å². The first kappa shape index (κ1) is 16.4. The zero-order valence-electron chi connectivity index (χ0n) is 11.4. The van der Waals surface area contributed by atoms with Gasteiger partial charge in [0.05, 0.1) is 16.1 Å². The number of nitrogens with zero attached hydrogens (tertiary/aromatic N) is 1. The van der Waals surface area contributed by atoms with E-state index in [4.69, 9.17) is 16.7 Å². The number of aryl methyl sites for hydroxylation is 1. The normalized spacial score (nSPS) is 11.9. The standard InChI is InChI=1S/C14H11ClF3NO3/c1-2-3-19-6-8(13(21)22)12(20)7-4-10(15)9(5-11(7)19)14(16,17)18/h4-6H,2-3H2,1H3,(H,21,22). The predicted octanol–water partition coefficient (Wildman–Crippen LogP) is 3.78. The van der Waals surface area contributed by atoms with Crippen LogP contribution >= 0.6 is 11.6 Å². The van der Waals surface area contributed by atoms with Gasteiger partial charge < -0.3 is 9.67 Å². The van der Waals surface area contributed by atoms with E-state index < -0.39 is 33.7 Å². The van der Waals surface area contributed by atoms with Crippen molar-refractivity contribution in [1.29, 1.82) is 0 Å². The number of halogens is 4. The molecule has 0 fully saturated rings. The Morgan fingerprint density at radius 1 is 1.36 bits per heavy atom. The number of alkyl halides is 3. The Morgan fingerprint density at radius 2 is 2.00 bits per heavy atom. The summed E-state index contributed by atoms with van der Waals surface area (Å²) in [6.07, 6.45) is -3.05. The fourth-order valence-electron chi connectivity index (χ4n) is 2.21. The second-order valence-electron chi connectivity index (χ2n) is 4.72. The van der Waals surface area contributed by atoms with E-state index in [0.29, 0.717) is 6.42 Å². The topological polar surface area (TPSA) is 59.3 Å². The first-order valence-corrected chi connectivity index (χ1v) is 6.71. The molecule has 2 rings (SSSR count). The highest BCUT2D eigenvalue weighted by Gasteiger charge is 2.34. The Bertz CT molecular complexity index is 812. The van der Waals surface area contributed by atoms with Crippen LogP contribution in [0, 0.1) is 0 Å². The third kappa shape index (κ3) is 2.81. The Balaban J connectivity index is 2.93. The Hall–Kier alpha value is -2.02. The molecule has 1 aromatic carbocycles. The smallest absolute Gasteiger partial charge is 0.417 e. The number of hydrogen-bond acceptors (Lipinski definition) is 2. The number of benzene rings is 1. The van der Waals surface area contributed by atoms with Crippen molar-refractivity contribution in [2.45, 2.75) is 26.1 Å². The lowest BCUT2D eigenvalue weighted by molar-refractivity contribution is -0.137. The van der Waals surface area contributed by atoms with Crippen molar-refractivity contribution in [1.82, 2.24) is 4.57 Å². The van der Waals surface area contributed by atoms with E-state index in [2.05, 4.69) is 0 Å². The van der Waals surface area contributed by atoms with Crippen LogP contribution in [0.15, 0.2) is 23.1 Å². The number of carboxylic acid groups (broad SMARTS) is 1. The average molecular weight is 334 g/mol. The number of hydrogen-bond donors (Lipinski definition) is 1. The molecule has 0 aliphatic heterocycles. The maximum atomic E-state index is 12.9. The molecule has 0 bridgehead atoms. The first-order chi connectivity index (χ1) is 10.2. The summed E-state index contributed by atoms with van der Waals surface area (Å²) in [4.78, 5) is 23.2. The Morgan fingerprint density at radius 3 is 2.50 bits per heavy atom. The highest BCUT2D eigenvalue weighted by molar-refractivity contribution is 6.32. The van der Waals surface area contributed by atoms with Crippen LogP contribution in [-0.2, 0) is 12.7 Å². The van der Waals surface area contributed by atoms with Gasteiger partial charge >= 0.3 is 12.1 Å².